The second kappa shape index (κ2) is 33.0. The molecule has 0 bridgehead atoms. The molecule has 225 valence electrons. The molecule has 0 aromatic heterocycles. The van der Waals surface area contributed by atoms with Crippen LogP contribution in [0.4, 0.5) is 0 Å². The van der Waals surface area contributed by atoms with Gasteiger partial charge in [0.25, 0.3) is 0 Å². The zero-order chi connectivity index (χ0) is 29.2. The Balaban J connectivity index is 3.85. The molecule has 0 amide bonds. The lowest BCUT2D eigenvalue weighted by atomic mass is 10.0. The first-order valence-electron chi connectivity index (χ1n) is 16.7. The normalized spacial score (nSPS) is 12.8. The molecule has 40 heavy (non-hydrogen) atoms. The van der Waals surface area contributed by atoms with Gasteiger partial charge in [0.1, 0.15) is 0 Å². The Bertz CT molecular complexity index is 747. The van der Waals surface area contributed by atoms with Crippen LogP contribution >= 0.6 is 0 Å². The number of ketones is 1. The van der Waals surface area contributed by atoms with Gasteiger partial charge in [0.05, 0.1) is 5.57 Å². The molecule has 2 nitrogen and oxygen atoms in total. The zero-order valence-corrected chi connectivity index (χ0v) is 26.2. The predicted octanol–water partition coefficient (Wildman–Crippen LogP) is 12.0. The lowest BCUT2D eigenvalue weighted by Gasteiger charge is -2.03. The fraction of sp³-hybridized carbons (Fsp3) is 0.632. The van der Waals surface area contributed by atoms with Gasteiger partial charge in [-0.15, -0.1) is 0 Å². The largest absolute Gasteiger partial charge is 0.294 e. The minimum Gasteiger partial charge on any atom is -0.294 e. The highest BCUT2D eigenvalue weighted by molar-refractivity contribution is 6.12. The maximum atomic E-state index is 12.3. The molecular weight excluding hydrogens is 488 g/mol. The number of Topliss-reactive ketones (excluding diaryl/α,β-unsaturated/α-hetero) is 1. The van der Waals surface area contributed by atoms with Crippen molar-refractivity contribution < 1.29 is 9.59 Å². The minimum absolute atomic E-state index is 0.100. The number of allylic oxidation sites excluding steroid dienone is 12. The Kier molecular flexibility index (Phi) is 31.2. The van der Waals surface area contributed by atoms with Gasteiger partial charge in [-0.1, -0.05) is 190 Å². The third-order valence-corrected chi connectivity index (χ3v) is 7.18. The topological polar surface area (TPSA) is 34.1 Å². The molecule has 0 spiro atoms. The number of hydrogen-bond acceptors (Lipinski definition) is 2. The number of unbranched alkanes of at least 4 members (excludes halogenated alkanes) is 19. The average molecular weight is 550 g/mol. The van der Waals surface area contributed by atoms with E-state index in [4.69, 9.17) is 0 Å². The summed E-state index contributed by atoms with van der Waals surface area (Å²) in [5, 5.41) is 0. The SMILES string of the molecule is CCCCCCCCCC=CC=CC=CC=CC=CC=C([C]=O)C(=O)CCCCCCCCCCCCCCC. The first kappa shape index (κ1) is 37.8. The van der Waals surface area contributed by atoms with Crippen LogP contribution in [0.1, 0.15) is 155 Å². The highest BCUT2D eigenvalue weighted by Gasteiger charge is 2.08. The number of hydrogen-bond donors (Lipinski definition) is 0. The first-order valence-corrected chi connectivity index (χ1v) is 16.7. The van der Waals surface area contributed by atoms with Crippen molar-refractivity contribution in [2.75, 3.05) is 0 Å². The van der Waals surface area contributed by atoms with Gasteiger partial charge >= 0.3 is 0 Å². The van der Waals surface area contributed by atoms with Crippen molar-refractivity contribution in [3.05, 3.63) is 72.4 Å². The van der Waals surface area contributed by atoms with Crippen LogP contribution in [0.2, 0.25) is 0 Å². The van der Waals surface area contributed by atoms with Crippen LogP contribution in [0.3, 0.4) is 0 Å². The molecule has 0 atom stereocenters. The van der Waals surface area contributed by atoms with Gasteiger partial charge in [-0.25, -0.2) is 0 Å². The molecule has 0 aliphatic rings. The van der Waals surface area contributed by atoms with E-state index < -0.39 is 0 Å². The van der Waals surface area contributed by atoms with Crippen molar-refractivity contribution >= 4 is 12.1 Å². The van der Waals surface area contributed by atoms with Gasteiger partial charge in [0.15, 0.2) is 5.78 Å². The first-order chi connectivity index (χ1) is 19.8. The monoisotopic (exact) mass is 549 g/mol. The molecule has 0 unspecified atom stereocenters. The molecule has 0 fully saturated rings. The summed E-state index contributed by atoms with van der Waals surface area (Å²) in [5.41, 5.74) is 0.144. The van der Waals surface area contributed by atoms with Crippen LogP contribution in [0.15, 0.2) is 72.4 Å². The van der Waals surface area contributed by atoms with E-state index in [-0.39, 0.29) is 11.4 Å². The molecule has 0 aliphatic heterocycles. The number of carbonyl (C=O) groups is 1. The summed E-state index contributed by atoms with van der Waals surface area (Å²) in [4.78, 5) is 23.5. The highest BCUT2D eigenvalue weighted by Crippen LogP contribution is 2.14. The summed E-state index contributed by atoms with van der Waals surface area (Å²) < 4.78 is 0. The quantitative estimate of drug-likeness (QED) is 0.0306. The van der Waals surface area contributed by atoms with E-state index in [9.17, 15) is 9.59 Å². The summed E-state index contributed by atoms with van der Waals surface area (Å²) in [6.07, 6.45) is 50.8. The molecule has 0 saturated heterocycles. The maximum absolute atomic E-state index is 12.3. The van der Waals surface area contributed by atoms with Crippen LogP contribution in [-0.4, -0.2) is 12.1 Å². The summed E-state index contributed by atoms with van der Waals surface area (Å²) in [6, 6.07) is 0. The van der Waals surface area contributed by atoms with Crippen LogP contribution < -0.4 is 0 Å². The molecular formula is C38H61O2. The van der Waals surface area contributed by atoms with Crippen LogP contribution in [0.25, 0.3) is 0 Å². The fourth-order valence-corrected chi connectivity index (χ4v) is 4.62. The van der Waals surface area contributed by atoms with Gasteiger partial charge in [-0.05, 0) is 25.3 Å². The molecule has 0 rings (SSSR count). The average Bonchev–Trinajstić information content (AvgIpc) is 2.96. The van der Waals surface area contributed by atoms with Crippen LogP contribution in [0, 0.1) is 0 Å². The van der Waals surface area contributed by atoms with Gasteiger partial charge in [0.2, 0.25) is 6.29 Å². The van der Waals surface area contributed by atoms with Crippen molar-refractivity contribution in [1.29, 1.82) is 0 Å². The summed E-state index contributed by atoms with van der Waals surface area (Å²) >= 11 is 0. The van der Waals surface area contributed by atoms with E-state index in [0.717, 1.165) is 19.3 Å². The van der Waals surface area contributed by atoms with E-state index in [1.165, 1.54) is 116 Å². The molecule has 0 saturated carbocycles. The van der Waals surface area contributed by atoms with Crippen LogP contribution in [0.5, 0.6) is 0 Å². The molecule has 0 aromatic carbocycles. The van der Waals surface area contributed by atoms with E-state index in [2.05, 4.69) is 32.1 Å². The lowest BCUT2D eigenvalue weighted by Crippen LogP contribution is -2.03. The third-order valence-electron chi connectivity index (χ3n) is 7.18. The Morgan fingerprint density at radius 3 is 1.30 bits per heavy atom. The standard InChI is InChI=1S/C38H61O2/c1-3-5-7-9-11-13-15-17-18-19-20-21-23-24-26-28-30-32-34-37(36-39)38(40)35-33-31-29-27-25-22-16-14-12-10-8-6-4-2/h18-21,23-24,26,28,30,32,34H,3-17,22,25,27,29,31,33,35H2,1-2H3. The predicted molar refractivity (Wildman–Crippen MR) is 177 cm³/mol. The molecule has 0 N–H and O–H groups in total. The summed E-state index contributed by atoms with van der Waals surface area (Å²) in [6.45, 7) is 4.52. The molecule has 2 heteroatoms. The van der Waals surface area contributed by atoms with Crippen molar-refractivity contribution in [2.24, 2.45) is 0 Å². The lowest BCUT2D eigenvalue weighted by molar-refractivity contribution is -0.115. The Morgan fingerprint density at radius 2 is 0.850 bits per heavy atom. The van der Waals surface area contributed by atoms with Crippen molar-refractivity contribution in [3.8, 4) is 0 Å². The van der Waals surface area contributed by atoms with Gasteiger partial charge in [-0.2, -0.15) is 0 Å². The summed E-state index contributed by atoms with van der Waals surface area (Å²) in [7, 11) is 0. The Labute approximate surface area is 248 Å². The van der Waals surface area contributed by atoms with Crippen molar-refractivity contribution in [2.45, 2.75) is 155 Å². The van der Waals surface area contributed by atoms with Gasteiger partial charge < -0.3 is 0 Å². The van der Waals surface area contributed by atoms with E-state index >= 15 is 0 Å². The molecule has 0 aromatic rings. The smallest absolute Gasteiger partial charge is 0.237 e. The molecule has 1 radical (unpaired) electrons. The Hall–Kier alpha value is -2.22. The van der Waals surface area contributed by atoms with Crippen LogP contribution in [-0.2, 0) is 9.59 Å². The van der Waals surface area contributed by atoms with Crippen molar-refractivity contribution in [1.82, 2.24) is 0 Å². The third kappa shape index (κ3) is 28.8. The number of rotatable bonds is 29. The van der Waals surface area contributed by atoms with E-state index in [1.807, 2.05) is 42.7 Å². The van der Waals surface area contributed by atoms with E-state index in [1.54, 1.807) is 12.2 Å². The summed E-state index contributed by atoms with van der Waals surface area (Å²) in [5.74, 6) is -0.100. The molecule has 0 aliphatic carbocycles. The number of carbonyl (C=O) groups excluding carboxylic acids is 2. The van der Waals surface area contributed by atoms with Crippen molar-refractivity contribution in [3.63, 3.8) is 0 Å². The van der Waals surface area contributed by atoms with Gasteiger partial charge in [-0.3, -0.25) is 9.59 Å². The highest BCUT2D eigenvalue weighted by atomic mass is 16.1. The minimum atomic E-state index is -0.100. The second-order valence-corrected chi connectivity index (χ2v) is 11.0. The molecule has 0 heterocycles. The van der Waals surface area contributed by atoms with E-state index in [0.29, 0.717) is 6.42 Å². The Morgan fingerprint density at radius 1 is 0.475 bits per heavy atom. The zero-order valence-electron chi connectivity index (χ0n) is 26.2. The maximum Gasteiger partial charge on any atom is 0.237 e. The van der Waals surface area contributed by atoms with Gasteiger partial charge in [0, 0.05) is 6.42 Å². The second-order valence-electron chi connectivity index (χ2n) is 11.0. The fourth-order valence-electron chi connectivity index (χ4n) is 4.62.